The fraction of sp³-hybridized carbons (Fsp3) is 0.381. The molecule has 132 valence electrons. The zero-order valence-electron chi connectivity index (χ0n) is 14.5. The Morgan fingerprint density at radius 2 is 1.76 bits per heavy atom. The van der Waals surface area contributed by atoms with Gasteiger partial charge >= 0.3 is 0 Å². The van der Waals surface area contributed by atoms with Gasteiger partial charge in [-0.15, -0.1) is 0 Å². The molecular formula is C21H24FNO2. The average Bonchev–Trinajstić information content (AvgIpc) is 2.63. The summed E-state index contributed by atoms with van der Waals surface area (Å²) in [6.45, 7) is 3.29. The van der Waals surface area contributed by atoms with Crippen LogP contribution in [0.25, 0.3) is 0 Å². The molecule has 0 aromatic heterocycles. The first kappa shape index (κ1) is 17.6. The highest BCUT2D eigenvalue weighted by Crippen LogP contribution is 2.35. The van der Waals surface area contributed by atoms with Gasteiger partial charge in [0.25, 0.3) is 0 Å². The van der Waals surface area contributed by atoms with Gasteiger partial charge in [-0.25, -0.2) is 4.39 Å². The molecule has 1 fully saturated rings. The molecule has 3 nitrogen and oxygen atoms in total. The summed E-state index contributed by atoms with van der Waals surface area (Å²) < 4.78 is 14.0. The molecule has 1 saturated heterocycles. The van der Waals surface area contributed by atoms with Gasteiger partial charge in [-0.05, 0) is 49.6 Å². The summed E-state index contributed by atoms with van der Waals surface area (Å²) in [5, 5.41) is 10.9. The zero-order valence-corrected chi connectivity index (χ0v) is 14.5. The van der Waals surface area contributed by atoms with Crippen LogP contribution in [0.2, 0.25) is 0 Å². The number of Topliss-reactive ketones (excluding diaryl/α,β-unsaturated/α-hetero) is 1. The number of hydrogen-bond donors (Lipinski definition) is 1. The van der Waals surface area contributed by atoms with Crippen molar-refractivity contribution in [1.29, 1.82) is 0 Å². The van der Waals surface area contributed by atoms with Gasteiger partial charge in [0, 0.05) is 36.3 Å². The first-order valence-corrected chi connectivity index (χ1v) is 8.89. The van der Waals surface area contributed by atoms with E-state index in [1.165, 1.54) is 6.07 Å². The lowest BCUT2D eigenvalue weighted by molar-refractivity contribution is 0.00849. The van der Waals surface area contributed by atoms with Crippen LogP contribution in [-0.4, -0.2) is 24.0 Å². The van der Waals surface area contributed by atoms with Crippen molar-refractivity contribution < 1.29 is 14.3 Å². The predicted molar refractivity (Wildman–Crippen MR) is 97.4 cm³/mol. The number of nitrogens with zero attached hydrogens (tertiary/aromatic N) is 1. The van der Waals surface area contributed by atoms with Crippen LogP contribution in [0, 0.1) is 5.82 Å². The molecule has 1 aliphatic heterocycles. The fourth-order valence-corrected chi connectivity index (χ4v) is 3.47. The number of benzene rings is 2. The Balaban J connectivity index is 1.68. The minimum Gasteiger partial charge on any atom is -0.385 e. The summed E-state index contributed by atoms with van der Waals surface area (Å²) in [6.07, 6.45) is 2.37. The van der Waals surface area contributed by atoms with E-state index in [0.717, 1.165) is 17.7 Å². The Kier molecular flexibility index (Phi) is 5.19. The first-order valence-electron chi connectivity index (χ1n) is 8.89. The van der Waals surface area contributed by atoms with Gasteiger partial charge in [0.2, 0.25) is 0 Å². The fourth-order valence-electron chi connectivity index (χ4n) is 3.47. The molecule has 0 atom stereocenters. The number of aliphatic hydroxyl groups is 1. The highest BCUT2D eigenvalue weighted by Gasteiger charge is 2.35. The quantitative estimate of drug-likeness (QED) is 0.825. The highest BCUT2D eigenvalue weighted by molar-refractivity contribution is 5.96. The first-order chi connectivity index (χ1) is 12.0. The van der Waals surface area contributed by atoms with Crippen LogP contribution in [0.1, 0.15) is 48.5 Å². The van der Waals surface area contributed by atoms with E-state index < -0.39 is 5.60 Å². The van der Waals surface area contributed by atoms with Gasteiger partial charge in [0.15, 0.2) is 5.78 Å². The second-order valence-electron chi connectivity index (χ2n) is 6.72. The lowest BCUT2D eigenvalue weighted by atomic mass is 9.84. The van der Waals surface area contributed by atoms with E-state index in [-0.39, 0.29) is 11.6 Å². The van der Waals surface area contributed by atoms with Crippen LogP contribution >= 0.6 is 0 Å². The van der Waals surface area contributed by atoms with Gasteiger partial charge < -0.3 is 10.0 Å². The third kappa shape index (κ3) is 3.74. The number of carbonyl (C=O) groups is 1. The summed E-state index contributed by atoms with van der Waals surface area (Å²) in [7, 11) is 0. The Hall–Kier alpha value is -2.20. The van der Waals surface area contributed by atoms with Gasteiger partial charge in [0.05, 0.1) is 5.60 Å². The number of hydrogen-bond acceptors (Lipinski definition) is 3. The number of ketones is 1. The molecule has 1 aliphatic rings. The van der Waals surface area contributed by atoms with E-state index in [4.69, 9.17) is 0 Å². The lowest BCUT2D eigenvalue weighted by Gasteiger charge is -2.39. The normalized spacial score (nSPS) is 16.7. The van der Waals surface area contributed by atoms with Crippen molar-refractivity contribution in [2.24, 2.45) is 0 Å². The third-order valence-corrected chi connectivity index (χ3v) is 5.00. The topological polar surface area (TPSA) is 40.5 Å². The number of piperidine rings is 1. The maximum absolute atomic E-state index is 14.0. The van der Waals surface area contributed by atoms with Crippen LogP contribution < -0.4 is 4.90 Å². The van der Waals surface area contributed by atoms with Crippen molar-refractivity contribution in [1.82, 2.24) is 0 Å². The molecule has 1 N–H and O–H groups in total. The van der Waals surface area contributed by atoms with Crippen molar-refractivity contribution in [3.63, 3.8) is 0 Å². The van der Waals surface area contributed by atoms with Crippen molar-refractivity contribution >= 4 is 11.5 Å². The van der Waals surface area contributed by atoms with E-state index in [1.807, 2.05) is 31.2 Å². The predicted octanol–water partition coefficient (Wildman–Crippen LogP) is 4.30. The Labute approximate surface area is 148 Å². The van der Waals surface area contributed by atoms with Crippen LogP contribution in [0.5, 0.6) is 0 Å². The summed E-state index contributed by atoms with van der Waals surface area (Å²) in [6, 6.07) is 14.1. The average molecular weight is 341 g/mol. The maximum Gasteiger partial charge on any atom is 0.162 e. The highest BCUT2D eigenvalue weighted by atomic mass is 19.1. The minimum atomic E-state index is -1.11. The van der Waals surface area contributed by atoms with Crippen LogP contribution in [0.4, 0.5) is 10.1 Å². The van der Waals surface area contributed by atoms with Crippen molar-refractivity contribution in [3.05, 3.63) is 65.5 Å². The monoisotopic (exact) mass is 341 g/mol. The second-order valence-corrected chi connectivity index (χ2v) is 6.72. The molecule has 0 unspecified atom stereocenters. The number of anilines is 1. The summed E-state index contributed by atoms with van der Waals surface area (Å²) in [5.41, 5.74) is 1.04. The molecule has 0 saturated carbocycles. The van der Waals surface area contributed by atoms with Crippen LogP contribution in [0.15, 0.2) is 48.5 Å². The molecule has 0 spiro atoms. The second kappa shape index (κ2) is 7.36. The third-order valence-electron chi connectivity index (χ3n) is 5.00. The number of rotatable bonds is 5. The Morgan fingerprint density at radius 3 is 2.36 bits per heavy atom. The Morgan fingerprint density at radius 1 is 1.12 bits per heavy atom. The molecule has 0 bridgehead atoms. The molecule has 25 heavy (non-hydrogen) atoms. The van der Waals surface area contributed by atoms with Crippen LogP contribution in [-0.2, 0) is 5.60 Å². The smallest absolute Gasteiger partial charge is 0.162 e. The molecule has 0 radical (unpaired) electrons. The van der Waals surface area contributed by atoms with E-state index in [9.17, 15) is 14.3 Å². The maximum atomic E-state index is 14.0. The van der Waals surface area contributed by atoms with E-state index in [2.05, 4.69) is 4.90 Å². The van der Waals surface area contributed by atoms with Gasteiger partial charge in [-0.2, -0.15) is 0 Å². The molecule has 2 aromatic carbocycles. The summed E-state index contributed by atoms with van der Waals surface area (Å²) >= 11 is 0. The minimum absolute atomic E-state index is 0.168. The van der Waals surface area contributed by atoms with E-state index in [1.54, 1.807) is 18.2 Å². The largest absolute Gasteiger partial charge is 0.385 e. The zero-order chi connectivity index (χ0) is 17.9. The molecule has 4 heteroatoms. The van der Waals surface area contributed by atoms with Gasteiger partial charge in [-0.3, -0.25) is 4.79 Å². The summed E-state index contributed by atoms with van der Waals surface area (Å²) in [4.78, 5) is 14.1. The van der Waals surface area contributed by atoms with Crippen LogP contribution in [0.3, 0.4) is 0 Å². The SMILES string of the molecule is CCCC(=O)c1ccc(N2CCC(O)(c3ccccc3F)CC2)cc1. The number of carbonyl (C=O) groups excluding carboxylic acids is 1. The standard InChI is InChI=1S/C21H24FNO2/c1-2-5-20(24)16-8-10-17(11-9-16)23-14-12-21(25,13-15-23)18-6-3-4-7-19(18)22/h3-4,6-11,25H,2,5,12-15H2,1H3. The molecule has 0 aliphatic carbocycles. The van der Waals surface area contributed by atoms with E-state index >= 15 is 0 Å². The number of halogens is 1. The lowest BCUT2D eigenvalue weighted by Crippen LogP contribution is -2.43. The molecule has 3 rings (SSSR count). The van der Waals surface area contributed by atoms with Crippen molar-refractivity contribution in [3.8, 4) is 0 Å². The van der Waals surface area contributed by atoms with Gasteiger partial charge in [-0.1, -0.05) is 25.1 Å². The summed E-state index contributed by atoms with van der Waals surface area (Å²) in [5.74, 6) is -0.182. The van der Waals surface area contributed by atoms with Gasteiger partial charge in [0.1, 0.15) is 5.82 Å². The molecule has 0 amide bonds. The van der Waals surface area contributed by atoms with Crippen molar-refractivity contribution in [2.45, 2.75) is 38.2 Å². The molecule has 1 heterocycles. The molecule has 2 aromatic rings. The molecular weight excluding hydrogens is 317 g/mol. The van der Waals surface area contributed by atoms with E-state index in [0.29, 0.717) is 37.9 Å². The Bertz CT molecular complexity index is 734. The van der Waals surface area contributed by atoms with Crippen molar-refractivity contribution in [2.75, 3.05) is 18.0 Å².